The van der Waals surface area contributed by atoms with Crippen molar-refractivity contribution >= 4 is 38.6 Å². The summed E-state index contributed by atoms with van der Waals surface area (Å²) in [5, 5.41) is 8.04. The number of aryl methyl sites for hydroxylation is 2. The predicted octanol–water partition coefficient (Wildman–Crippen LogP) is 3.22. The minimum Gasteiger partial charge on any atom is -0.350 e. The highest BCUT2D eigenvalue weighted by Gasteiger charge is 2.12. The molecule has 2 heterocycles. The largest absolute Gasteiger partial charge is 0.350 e. The van der Waals surface area contributed by atoms with Crippen LogP contribution in [0.2, 0.25) is 0 Å². The number of hydrogen-bond donors (Lipinski definition) is 2. The molecule has 102 valence electrons. The van der Waals surface area contributed by atoms with E-state index in [1.165, 1.54) is 0 Å². The van der Waals surface area contributed by atoms with Gasteiger partial charge in [0.1, 0.15) is 11.5 Å². The Kier molecular flexibility index (Phi) is 3.10. The molecule has 1 amide bonds. The second kappa shape index (κ2) is 4.79. The molecule has 3 aromatic rings. The molecule has 0 saturated heterocycles. The molecule has 0 bridgehead atoms. The Morgan fingerprint density at radius 1 is 1.35 bits per heavy atom. The quantitative estimate of drug-likeness (QED) is 0.756. The third kappa shape index (κ3) is 2.34. The Bertz CT molecular complexity index is 803. The highest BCUT2D eigenvalue weighted by molar-refractivity contribution is 9.10. The number of aromatic nitrogens is 3. The Hall–Kier alpha value is -2.08. The number of aromatic amines is 1. The van der Waals surface area contributed by atoms with Crippen LogP contribution >= 0.6 is 15.9 Å². The van der Waals surface area contributed by atoms with Gasteiger partial charge in [0.05, 0.1) is 5.69 Å². The number of carbonyl (C=O) groups is 1. The highest BCUT2D eigenvalue weighted by atomic mass is 79.9. The summed E-state index contributed by atoms with van der Waals surface area (Å²) in [6, 6.07) is 9.51. The summed E-state index contributed by atoms with van der Waals surface area (Å²) < 4.78 is 2.62. The number of hydrogen-bond acceptors (Lipinski definition) is 2. The zero-order valence-corrected chi connectivity index (χ0v) is 12.7. The van der Waals surface area contributed by atoms with E-state index in [0.29, 0.717) is 11.5 Å². The first kappa shape index (κ1) is 12.9. The van der Waals surface area contributed by atoms with Gasteiger partial charge < -0.3 is 10.3 Å². The molecule has 0 saturated carbocycles. The summed E-state index contributed by atoms with van der Waals surface area (Å²) >= 11 is 3.41. The number of halogens is 1. The number of nitrogens with one attached hydrogen (secondary N) is 2. The summed E-state index contributed by atoms with van der Waals surface area (Å²) in [6.45, 7) is 1.89. The van der Waals surface area contributed by atoms with Gasteiger partial charge in [-0.2, -0.15) is 5.10 Å². The minimum atomic E-state index is -0.180. The molecular weight excluding hydrogens is 320 g/mol. The lowest BCUT2D eigenvalue weighted by atomic mass is 10.2. The van der Waals surface area contributed by atoms with Gasteiger partial charge in [0.15, 0.2) is 0 Å². The summed E-state index contributed by atoms with van der Waals surface area (Å²) in [4.78, 5) is 15.3. The number of H-pyrrole nitrogens is 1. The van der Waals surface area contributed by atoms with Gasteiger partial charge in [-0.1, -0.05) is 22.0 Å². The zero-order chi connectivity index (χ0) is 14.3. The fourth-order valence-corrected chi connectivity index (χ4v) is 2.49. The van der Waals surface area contributed by atoms with E-state index in [1.807, 2.05) is 37.3 Å². The van der Waals surface area contributed by atoms with Gasteiger partial charge in [-0.3, -0.25) is 9.48 Å². The van der Waals surface area contributed by atoms with Gasteiger partial charge in [0.25, 0.3) is 5.91 Å². The lowest BCUT2D eigenvalue weighted by molar-refractivity contribution is 0.102. The molecule has 3 rings (SSSR count). The maximum atomic E-state index is 12.2. The van der Waals surface area contributed by atoms with Gasteiger partial charge in [-0.25, -0.2) is 0 Å². The van der Waals surface area contributed by atoms with Gasteiger partial charge in [-0.15, -0.1) is 0 Å². The smallest absolute Gasteiger partial charge is 0.273 e. The van der Waals surface area contributed by atoms with Crippen LogP contribution in [0.4, 0.5) is 5.82 Å². The van der Waals surface area contributed by atoms with Crippen LogP contribution < -0.4 is 5.32 Å². The molecule has 6 heteroatoms. The average Bonchev–Trinajstić information content (AvgIpc) is 2.92. The van der Waals surface area contributed by atoms with E-state index in [-0.39, 0.29) is 5.91 Å². The molecule has 0 aliphatic heterocycles. The third-order valence-corrected chi connectivity index (χ3v) is 3.57. The Labute approximate surface area is 124 Å². The molecule has 1 aromatic carbocycles. The van der Waals surface area contributed by atoms with Gasteiger partial charge in [0.2, 0.25) is 0 Å². The number of fused-ring (bicyclic) bond motifs is 1. The van der Waals surface area contributed by atoms with Crippen LogP contribution in [0, 0.1) is 6.92 Å². The first-order chi connectivity index (χ1) is 9.52. The lowest BCUT2D eigenvalue weighted by Crippen LogP contribution is -2.14. The van der Waals surface area contributed by atoms with Crippen LogP contribution in [0.3, 0.4) is 0 Å². The van der Waals surface area contributed by atoms with E-state index < -0.39 is 0 Å². The molecule has 0 aliphatic rings. The third-order valence-electron chi connectivity index (χ3n) is 3.07. The van der Waals surface area contributed by atoms with E-state index in [0.717, 1.165) is 21.1 Å². The second-order valence-electron chi connectivity index (χ2n) is 4.66. The monoisotopic (exact) mass is 332 g/mol. The van der Waals surface area contributed by atoms with E-state index in [4.69, 9.17) is 0 Å². The van der Waals surface area contributed by atoms with E-state index >= 15 is 0 Å². The molecule has 2 aromatic heterocycles. The predicted molar refractivity (Wildman–Crippen MR) is 81.9 cm³/mol. The first-order valence-electron chi connectivity index (χ1n) is 6.13. The Balaban J connectivity index is 1.90. The number of amides is 1. The molecule has 5 nitrogen and oxygen atoms in total. The standard InChI is InChI=1S/C14H13BrN4O/c1-8-5-13(19(2)18-8)17-14(20)12-6-9-3-4-10(15)7-11(9)16-12/h3-7,16H,1-2H3,(H,17,20). The molecular formula is C14H13BrN4O. The fourth-order valence-electron chi connectivity index (χ4n) is 2.13. The number of anilines is 1. The van der Waals surface area contributed by atoms with Crippen molar-refractivity contribution in [3.8, 4) is 0 Å². The number of nitrogens with zero attached hydrogens (tertiary/aromatic N) is 2. The van der Waals surface area contributed by atoms with Crippen molar-refractivity contribution in [2.24, 2.45) is 7.05 Å². The number of rotatable bonds is 2. The average molecular weight is 333 g/mol. The van der Waals surface area contributed by atoms with Crippen molar-refractivity contribution < 1.29 is 4.79 Å². The van der Waals surface area contributed by atoms with E-state index in [9.17, 15) is 4.79 Å². The van der Waals surface area contributed by atoms with Crippen LogP contribution in [-0.4, -0.2) is 20.7 Å². The van der Waals surface area contributed by atoms with Crippen LogP contribution in [-0.2, 0) is 7.05 Å². The Morgan fingerprint density at radius 3 is 2.85 bits per heavy atom. The van der Waals surface area contributed by atoms with Crippen molar-refractivity contribution in [3.05, 3.63) is 46.2 Å². The second-order valence-corrected chi connectivity index (χ2v) is 5.58. The van der Waals surface area contributed by atoms with Crippen molar-refractivity contribution in [2.75, 3.05) is 5.32 Å². The van der Waals surface area contributed by atoms with Gasteiger partial charge in [0, 0.05) is 28.5 Å². The highest BCUT2D eigenvalue weighted by Crippen LogP contribution is 2.21. The summed E-state index contributed by atoms with van der Waals surface area (Å²) in [7, 11) is 1.80. The SMILES string of the molecule is Cc1cc(NC(=O)c2cc3ccc(Br)cc3[nH]2)n(C)n1. The molecule has 0 unspecified atom stereocenters. The van der Waals surface area contributed by atoms with Crippen molar-refractivity contribution in [2.45, 2.75) is 6.92 Å². The maximum absolute atomic E-state index is 12.2. The van der Waals surface area contributed by atoms with Crippen LogP contribution in [0.5, 0.6) is 0 Å². The molecule has 0 aliphatic carbocycles. The van der Waals surface area contributed by atoms with Crippen LogP contribution in [0.15, 0.2) is 34.8 Å². The lowest BCUT2D eigenvalue weighted by Gasteiger charge is -2.02. The van der Waals surface area contributed by atoms with Crippen molar-refractivity contribution in [1.29, 1.82) is 0 Å². The van der Waals surface area contributed by atoms with Crippen LogP contribution in [0.25, 0.3) is 10.9 Å². The molecule has 20 heavy (non-hydrogen) atoms. The normalized spacial score (nSPS) is 10.9. The van der Waals surface area contributed by atoms with Crippen molar-refractivity contribution in [1.82, 2.24) is 14.8 Å². The number of benzene rings is 1. The van der Waals surface area contributed by atoms with E-state index in [1.54, 1.807) is 11.7 Å². The van der Waals surface area contributed by atoms with E-state index in [2.05, 4.69) is 31.3 Å². The molecule has 0 radical (unpaired) electrons. The van der Waals surface area contributed by atoms with Gasteiger partial charge in [-0.05, 0) is 25.1 Å². The molecule has 2 N–H and O–H groups in total. The minimum absolute atomic E-state index is 0.180. The topological polar surface area (TPSA) is 62.7 Å². The summed E-state index contributed by atoms with van der Waals surface area (Å²) in [6.07, 6.45) is 0. The van der Waals surface area contributed by atoms with Crippen LogP contribution in [0.1, 0.15) is 16.2 Å². The summed E-state index contributed by atoms with van der Waals surface area (Å²) in [5.74, 6) is 0.493. The maximum Gasteiger partial charge on any atom is 0.273 e. The molecule has 0 spiro atoms. The number of carbonyl (C=O) groups excluding carboxylic acids is 1. The fraction of sp³-hybridized carbons (Fsp3) is 0.143. The zero-order valence-electron chi connectivity index (χ0n) is 11.1. The van der Waals surface area contributed by atoms with Crippen molar-refractivity contribution in [3.63, 3.8) is 0 Å². The Morgan fingerprint density at radius 2 is 2.15 bits per heavy atom. The molecule has 0 fully saturated rings. The summed E-state index contributed by atoms with van der Waals surface area (Å²) in [5.41, 5.74) is 2.31. The van der Waals surface area contributed by atoms with Gasteiger partial charge >= 0.3 is 0 Å². The first-order valence-corrected chi connectivity index (χ1v) is 6.92. The molecule has 0 atom stereocenters.